The van der Waals surface area contributed by atoms with Gasteiger partial charge in [-0.1, -0.05) is 0 Å². The van der Waals surface area contributed by atoms with Crippen LogP contribution < -0.4 is 22.3 Å². The fourth-order valence-electron chi connectivity index (χ4n) is 1.63. The maximum Gasteiger partial charge on any atom is 0.330 e. The zero-order valence-electron chi connectivity index (χ0n) is 10.9. The monoisotopic (exact) mass is 272 g/mol. The van der Waals surface area contributed by atoms with Gasteiger partial charge in [0.25, 0.3) is 5.56 Å². The first kappa shape index (κ1) is 15.3. The standard InChI is InChI=1S/C11H20N4O4/c1-2-15-9(12)8(10(17)14-11(15)18)13-4-3-6-19-7-5-16/h13,16H,2-7,12H2,1H3,(H,14,17,18). The number of anilines is 2. The molecule has 0 atom stereocenters. The van der Waals surface area contributed by atoms with Crippen LogP contribution >= 0.6 is 0 Å². The number of H-pyrrole nitrogens is 1. The van der Waals surface area contributed by atoms with E-state index in [0.29, 0.717) is 32.7 Å². The quantitative estimate of drug-likeness (QED) is 0.448. The first-order valence-electron chi connectivity index (χ1n) is 6.16. The summed E-state index contributed by atoms with van der Waals surface area (Å²) in [5.41, 5.74) is 4.94. The van der Waals surface area contributed by atoms with E-state index < -0.39 is 11.2 Å². The smallest absolute Gasteiger partial charge is 0.330 e. The van der Waals surface area contributed by atoms with Crippen LogP contribution in [0.5, 0.6) is 0 Å². The van der Waals surface area contributed by atoms with Crippen LogP contribution in [0, 0.1) is 0 Å². The van der Waals surface area contributed by atoms with Crippen molar-refractivity contribution in [2.24, 2.45) is 0 Å². The van der Waals surface area contributed by atoms with Gasteiger partial charge in [-0.2, -0.15) is 0 Å². The minimum Gasteiger partial charge on any atom is -0.394 e. The Balaban J connectivity index is 2.64. The van der Waals surface area contributed by atoms with E-state index in [1.165, 1.54) is 4.57 Å². The summed E-state index contributed by atoms with van der Waals surface area (Å²) in [5, 5.41) is 11.4. The number of aromatic nitrogens is 2. The minimum absolute atomic E-state index is 0.0124. The molecule has 19 heavy (non-hydrogen) atoms. The molecule has 0 spiro atoms. The average Bonchev–Trinajstić information content (AvgIpc) is 2.37. The molecule has 0 aliphatic heterocycles. The Hall–Kier alpha value is -1.80. The van der Waals surface area contributed by atoms with Crippen LogP contribution in [-0.4, -0.2) is 41.0 Å². The number of nitrogens with zero attached hydrogens (tertiary/aromatic N) is 1. The van der Waals surface area contributed by atoms with E-state index in [9.17, 15) is 9.59 Å². The minimum atomic E-state index is -0.525. The average molecular weight is 272 g/mol. The molecule has 0 bridgehead atoms. The van der Waals surface area contributed by atoms with Crippen molar-refractivity contribution in [2.75, 3.05) is 37.4 Å². The van der Waals surface area contributed by atoms with Gasteiger partial charge in [0.2, 0.25) is 0 Å². The van der Waals surface area contributed by atoms with E-state index in [1.807, 2.05) is 0 Å². The number of nitrogens with one attached hydrogen (secondary N) is 2. The number of hydrogen-bond acceptors (Lipinski definition) is 6. The molecule has 1 rings (SSSR count). The van der Waals surface area contributed by atoms with Crippen molar-refractivity contribution in [2.45, 2.75) is 19.9 Å². The molecule has 1 aromatic rings. The molecule has 0 aliphatic carbocycles. The summed E-state index contributed by atoms with van der Waals surface area (Å²) in [6.45, 7) is 3.39. The van der Waals surface area contributed by atoms with Crippen molar-refractivity contribution in [1.29, 1.82) is 0 Å². The van der Waals surface area contributed by atoms with Crippen LogP contribution in [-0.2, 0) is 11.3 Å². The van der Waals surface area contributed by atoms with Crippen LogP contribution in [0.4, 0.5) is 11.5 Å². The lowest BCUT2D eigenvalue weighted by molar-refractivity contribution is 0.0922. The molecule has 1 heterocycles. The predicted molar refractivity (Wildman–Crippen MR) is 72.4 cm³/mol. The van der Waals surface area contributed by atoms with Gasteiger partial charge in [-0.3, -0.25) is 14.3 Å². The summed E-state index contributed by atoms with van der Waals surface area (Å²) < 4.78 is 6.37. The van der Waals surface area contributed by atoms with Gasteiger partial charge in [0, 0.05) is 19.7 Å². The molecule has 0 aromatic carbocycles. The Morgan fingerprint density at radius 3 is 2.79 bits per heavy atom. The molecule has 0 radical (unpaired) electrons. The highest BCUT2D eigenvalue weighted by atomic mass is 16.5. The van der Waals surface area contributed by atoms with E-state index in [2.05, 4.69) is 10.3 Å². The van der Waals surface area contributed by atoms with Crippen molar-refractivity contribution in [3.63, 3.8) is 0 Å². The number of ether oxygens (including phenoxy) is 1. The van der Waals surface area contributed by atoms with Crippen molar-refractivity contribution in [1.82, 2.24) is 9.55 Å². The third-order valence-electron chi connectivity index (χ3n) is 2.56. The van der Waals surface area contributed by atoms with Gasteiger partial charge in [0.15, 0.2) is 0 Å². The Kier molecular flexibility index (Phi) is 6.10. The summed E-state index contributed by atoms with van der Waals surface area (Å²) in [6, 6.07) is 0. The number of nitrogen functional groups attached to an aromatic ring is 1. The molecule has 0 amide bonds. The second-order valence-electron chi connectivity index (χ2n) is 3.88. The van der Waals surface area contributed by atoms with Crippen molar-refractivity contribution in [3.05, 3.63) is 20.8 Å². The highest BCUT2D eigenvalue weighted by Crippen LogP contribution is 2.09. The maximum atomic E-state index is 11.6. The summed E-state index contributed by atoms with van der Waals surface area (Å²) in [7, 11) is 0. The van der Waals surface area contributed by atoms with Gasteiger partial charge >= 0.3 is 5.69 Å². The summed E-state index contributed by atoms with van der Waals surface area (Å²) in [4.78, 5) is 25.3. The highest BCUT2D eigenvalue weighted by molar-refractivity contribution is 5.60. The van der Waals surface area contributed by atoms with Crippen molar-refractivity contribution < 1.29 is 9.84 Å². The van der Waals surface area contributed by atoms with Gasteiger partial charge in [0.1, 0.15) is 11.5 Å². The molecular formula is C11H20N4O4. The maximum absolute atomic E-state index is 11.6. The molecule has 8 nitrogen and oxygen atoms in total. The van der Waals surface area contributed by atoms with E-state index in [4.69, 9.17) is 15.6 Å². The molecule has 0 saturated heterocycles. The molecular weight excluding hydrogens is 252 g/mol. The molecule has 108 valence electrons. The Morgan fingerprint density at radius 1 is 1.42 bits per heavy atom. The third kappa shape index (κ3) is 4.11. The lowest BCUT2D eigenvalue weighted by atomic mass is 10.4. The van der Waals surface area contributed by atoms with Gasteiger partial charge in [0.05, 0.1) is 13.2 Å². The number of rotatable bonds is 8. The SMILES string of the molecule is CCn1c(N)c(NCCCOCCO)c(=O)[nH]c1=O. The highest BCUT2D eigenvalue weighted by Gasteiger charge is 2.10. The van der Waals surface area contributed by atoms with Crippen LogP contribution in [0.25, 0.3) is 0 Å². The van der Waals surface area contributed by atoms with E-state index in [1.54, 1.807) is 6.92 Å². The van der Waals surface area contributed by atoms with Crippen molar-refractivity contribution in [3.8, 4) is 0 Å². The molecule has 1 aromatic heterocycles. The zero-order valence-corrected chi connectivity index (χ0v) is 10.9. The fourth-order valence-corrected chi connectivity index (χ4v) is 1.63. The van der Waals surface area contributed by atoms with Crippen LogP contribution in [0.1, 0.15) is 13.3 Å². The second-order valence-corrected chi connectivity index (χ2v) is 3.88. The largest absolute Gasteiger partial charge is 0.394 e. The Labute approximate surface area is 110 Å². The normalized spacial score (nSPS) is 10.6. The molecule has 0 saturated carbocycles. The van der Waals surface area contributed by atoms with Crippen LogP contribution in [0.2, 0.25) is 0 Å². The predicted octanol–water partition coefficient (Wildman–Crippen LogP) is -1.05. The topological polar surface area (TPSA) is 122 Å². The number of nitrogens with two attached hydrogens (primary N) is 1. The third-order valence-corrected chi connectivity index (χ3v) is 2.56. The lowest BCUT2D eigenvalue weighted by Gasteiger charge is -2.12. The summed E-state index contributed by atoms with van der Waals surface area (Å²) >= 11 is 0. The zero-order chi connectivity index (χ0) is 14.3. The number of aliphatic hydroxyl groups is 1. The molecule has 8 heteroatoms. The van der Waals surface area contributed by atoms with Gasteiger partial charge in [-0.15, -0.1) is 0 Å². The van der Waals surface area contributed by atoms with Gasteiger partial charge in [-0.25, -0.2) is 4.79 Å². The van der Waals surface area contributed by atoms with E-state index in [-0.39, 0.29) is 18.1 Å². The van der Waals surface area contributed by atoms with Crippen molar-refractivity contribution >= 4 is 11.5 Å². The number of aliphatic hydroxyl groups excluding tert-OH is 1. The van der Waals surface area contributed by atoms with Gasteiger partial charge in [-0.05, 0) is 13.3 Å². The second kappa shape index (κ2) is 7.59. The molecule has 0 aliphatic rings. The van der Waals surface area contributed by atoms with E-state index >= 15 is 0 Å². The van der Waals surface area contributed by atoms with Crippen LogP contribution in [0.3, 0.4) is 0 Å². The van der Waals surface area contributed by atoms with Crippen LogP contribution in [0.15, 0.2) is 9.59 Å². The fraction of sp³-hybridized carbons (Fsp3) is 0.636. The summed E-state index contributed by atoms with van der Waals surface area (Å²) in [6.07, 6.45) is 0.657. The molecule has 0 unspecified atom stereocenters. The van der Waals surface area contributed by atoms with E-state index in [0.717, 1.165) is 0 Å². The number of aromatic amines is 1. The molecule has 5 N–H and O–H groups in total. The lowest BCUT2D eigenvalue weighted by Crippen LogP contribution is -2.33. The van der Waals surface area contributed by atoms with Gasteiger partial charge < -0.3 is 20.9 Å². The summed E-state index contributed by atoms with van der Waals surface area (Å²) in [5.74, 6) is 0.132. The first-order valence-corrected chi connectivity index (χ1v) is 6.16. The Bertz CT molecular complexity index is 508. The first-order chi connectivity index (χ1) is 9.11. The Morgan fingerprint density at radius 2 is 2.16 bits per heavy atom. The number of hydrogen-bond donors (Lipinski definition) is 4. The molecule has 0 fully saturated rings.